The molecule has 0 fully saturated rings. The summed E-state index contributed by atoms with van der Waals surface area (Å²) in [4.78, 5) is 17.2. The highest BCUT2D eigenvalue weighted by Gasteiger charge is 2.10. The minimum atomic E-state index is -0.0457. The topological polar surface area (TPSA) is 65.4 Å². The molecular formula is C30H35N3O3. The summed E-state index contributed by atoms with van der Waals surface area (Å²) in [6.45, 7) is 2.32. The molecule has 0 saturated heterocycles. The lowest BCUT2D eigenvalue weighted by Crippen LogP contribution is -2.24. The van der Waals surface area contributed by atoms with E-state index in [0.29, 0.717) is 18.7 Å². The Hall–Kier alpha value is -3.80. The van der Waals surface area contributed by atoms with Gasteiger partial charge in [0.2, 0.25) is 0 Å². The number of ether oxygens (including phenoxy) is 2. The largest absolute Gasteiger partial charge is 0.497 e. The van der Waals surface area contributed by atoms with Gasteiger partial charge in [-0.05, 0) is 74.2 Å². The summed E-state index contributed by atoms with van der Waals surface area (Å²) in [6, 6.07) is 25.5. The molecule has 0 saturated carbocycles. The molecule has 0 bridgehead atoms. The molecule has 0 atom stereocenters. The van der Waals surface area contributed by atoms with E-state index < -0.39 is 0 Å². The maximum absolute atomic E-state index is 12.3. The molecule has 0 unspecified atom stereocenters. The number of rotatable bonds is 14. The van der Waals surface area contributed by atoms with Crippen LogP contribution in [0.1, 0.15) is 48.3 Å². The zero-order chi connectivity index (χ0) is 25.0. The molecule has 6 heteroatoms. The number of benzene rings is 3. The average molecular weight is 486 g/mol. The molecule has 1 aromatic heterocycles. The first-order valence-corrected chi connectivity index (χ1v) is 12.8. The Morgan fingerprint density at radius 2 is 1.61 bits per heavy atom. The summed E-state index contributed by atoms with van der Waals surface area (Å²) in [5.74, 6) is 2.77. The Balaban J connectivity index is 1.20. The molecular weight excluding hydrogens is 450 g/mol. The molecule has 1 amide bonds. The van der Waals surface area contributed by atoms with Crippen molar-refractivity contribution >= 4 is 16.9 Å². The van der Waals surface area contributed by atoms with Gasteiger partial charge in [0.05, 0.1) is 24.8 Å². The van der Waals surface area contributed by atoms with Crippen molar-refractivity contribution in [2.75, 3.05) is 20.3 Å². The van der Waals surface area contributed by atoms with Gasteiger partial charge in [0.15, 0.2) is 0 Å². The lowest BCUT2D eigenvalue weighted by Gasteiger charge is -2.10. The van der Waals surface area contributed by atoms with Crippen LogP contribution >= 0.6 is 0 Å². The van der Waals surface area contributed by atoms with E-state index in [1.807, 2.05) is 36.4 Å². The van der Waals surface area contributed by atoms with Crippen LogP contribution in [0.4, 0.5) is 0 Å². The first-order chi connectivity index (χ1) is 17.7. The van der Waals surface area contributed by atoms with Gasteiger partial charge in [-0.25, -0.2) is 4.98 Å². The Morgan fingerprint density at radius 3 is 2.42 bits per heavy atom. The van der Waals surface area contributed by atoms with Crippen LogP contribution in [-0.2, 0) is 13.0 Å². The van der Waals surface area contributed by atoms with Gasteiger partial charge in [-0.2, -0.15) is 0 Å². The van der Waals surface area contributed by atoms with Crippen molar-refractivity contribution in [2.24, 2.45) is 0 Å². The normalized spacial score (nSPS) is 10.9. The number of nitrogens with zero attached hydrogens (tertiary/aromatic N) is 2. The van der Waals surface area contributed by atoms with Gasteiger partial charge >= 0.3 is 0 Å². The van der Waals surface area contributed by atoms with Crippen molar-refractivity contribution in [3.05, 3.63) is 90.3 Å². The highest BCUT2D eigenvalue weighted by Crippen LogP contribution is 2.19. The smallest absolute Gasteiger partial charge is 0.251 e. The Bertz CT molecular complexity index is 1220. The second-order valence-corrected chi connectivity index (χ2v) is 8.83. The number of amides is 1. The number of methoxy groups -OCH3 is 1. The van der Waals surface area contributed by atoms with Crippen LogP contribution in [0.15, 0.2) is 78.9 Å². The number of carbonyl (C=O) groups excluding carboxylic acids is 1. The van der Waals surface area contributed by atoms with Crippen molar-refractivity contribution in [1.29, 1.82) is 0 Å². The number of aryl methyl sites for hydroxylation is 2. The van der Waals surface area contributed by atoms with Gasteiger partial charge in [0, 0.05) is 25.1 Å². The number of fused-ring (bicyclic) bond motifs is 1. The summed E-state index contributed by atoms with van der Waals surface area (Å²) in [6.07, 6.45) is 5.99. The van der Waals surface area contributed by atoms with E-state index in [1.54, 1.807) is 31.4 Å². The van der Waals surface area contributed by atoms with Crippen LogP contribution < -0.4 is 14.8 Å². The second kappa shape index (κ2) is 13.3. The molecule has 4 aromatic rings. The van der Waals surface area contributed by atoms with E-state index in [1.165, 1.54) is 5.52 Å². The van der Waals surface area contributed by atoms with E-state index in [9.17, 15) is 4.79 Å². The minimum Gasteiger partial charge on any atom is -0.497 e. The van der Waals surface area contributed by atoms with Crippen LogP contribution in [0.5, 0.6) is 11.5 Å². The first-order valence-electron chi connectivity index (χ1n) is 12.8. The molecule has 36 heavy (non-hydrogen) atoms. The number of hydrogen-bond donors (Lipinski definition) is 1. The van der Waals surface area contributed by atoms with E-state index in [-0.39, 0.29) is 5.91 Å². The standard InChI is InChI=1S/C30H35N3O3/c1-35-25-19-17-24(18-20-25)30(34)31-21-9-3-6-16-29-32-27-14-7-8-15-28(27)33(29)22-10-11-23-36-26-12-4-2-5-13-26/h2,4-5,7-8,12-15,17-20H,3,6,9-11,16,21-23H2,1H3,(H,31,34). The Morgan fingerprint density at radius 1 is 0.833 bits per heavy atom. The fourth-order valence-corrected chi connectivity index (χ4v) is 4.28. The number of unbranched alkanes of at least 4 members (excludes halogenated alkanes) is 3. The fraction of sp³-hybridized carbons (Fsp3) is 0.333. The molecule has 1 heterocycles. The molecule has 0 aliphatic rings. The fourth-order valence-electron chi connectivity index (χ4n) is 4.28. The van der Waals surface area contributed by atoms with Crippen LogP contribution in [0.25, 0.3) is 11.0 Å². The lowest BCUT2D eigenvalue weighted by atomic mass is 10.1. The highest BCUT2D eigenvalue weighted by molar-refractivity contribution is 5.94. The van der Waals surface area contributed by atoms with Crippen LogP contribution in [0.3, 0.4) is 0 Å². The van der Waals surface area contributed by atoms with E-state index in [0.717, 1.165) is 67.9 Å². The molecule has 1 N–H and O–H groups in total. The summed E-state index contributed by atoms with van der Waals surface area (Å²) >= 11 is 0. The van der Waals surface area contributed by atoms with Gasteiger partial charge < -0.3 is 19.4 Å². The zero-order valence-corrected chi connectivity index (χ0v) is 21.0. The van der Waals surface area contributed by atoms with Gasteiger partial charge in [0.25, 0.3) is 5.91 Å². The molecule has 0 spiro atoms. The summed E-state index contributed by atoms with van der Waals surface area (Å²) in [5, 5.41) is 3.01. The quantitative estimate of drug-likeness (QED) is 0.221. The van der Waals surface area contributed by atoms with E-state index in [4.69, 9.17) is 14.5 Å². The van der Waals surface area contributed by atoms with Crippen LogP contribution in [0.2, 0.25) is 0 Å². The minimum absolute atomic E-state index is 0.0457. The number of para-hydroxylation sites is 3. The number of carbonyl (C=O) groups is 1. The van der Waals surface area contributed by atoms with Crippen molar-refractivity contribution in [3.63, 3.8) is 0 Å². The van der Waals surface area contributed by atoms with Crippen molar-refractivity contribution < 1.29 is 14.3 Å². The lowest BCUT2D eigenvalue weighted by molar-refractivity contribution is 0.0953. The van der Waals surface area contributed by atoms with Gasteiger partial charge in [0.1, 0.15) is 17.3 Å². The SMILES string of the molecule is COc1ccc(C(=O)NCCCCCc2nc3ccccc3n2CCCCOc2ccccc2)cc1. The highest BCUT2D eigenvalue weighted by atomic mass is 16.5. The number of hydrogen-bond acceptors (Lipinski definition) is 4. The van der Waals surface area contributed by atoms with Gasteiger partial charge in [-0.3, -0.25) is 4.79 Å². The van der Waals surface area contributed by atoms with E-state index >= 15 is 0 Å². The zero-order valence-electron chi connectivity index (χ0n) is 21.0. The van der Waals surface area contributed by atoms with Crippen molar-refractivity contribution in [3.8, 4) is 11.5 Å². The molecule has 0 aliphatic heterocycles. The van der Waals surface area contributed by atoms with Crippen LogP contribution in [0, 0.1) is 0 Å². The monoisotopic (exact) mass is 485 g/mol. The van der Waals surface area contributed by atoms with Gasteiger partial charge in [-0.15, -0.1) is 0 Å². The summed E-state index contributed by atoms with van der Waals surface area (Å²) in [5.41, 5.74) is 2.90. The van der Waals surface area contributed by atoms with Gasteiger partial charge in [-0.1, -0.05) is 36.8 Å². The van der Waals surface area contributed by atoms with Crippen molar-refractivity contribution in [2.45, 2.75) is 45.1 Å². The average Bonchev–Trinajstić information content (AvgIpc) is 3.28. The van der Waals surface area contributed by atoms with E-state index in [2.05, 4.69) is 28.1 Å². The third-order valence-corrected chi connectivity index (χ3v) is 6.24. The second-order valence-electron chi connectivity index (χ2n) is 8.83. The Labute approximate surface area is 213 Å². The maximum atomic E-state index is 12.3. The molecule has 0 radical (unpaired) electrons. The molecule has 188 valence electrons. The third kappa shape index (κ3) is 7.11. The molecule has 6 nitrogen and oxygen atoms in total. The number of nitrogens with one attached hydrogen (secondary N) is 1. The third-order valence-electron chi connectivity index (χ3n) is 6.24. The maximum Gasteiger partial charge on any atom is 0.251 e. The molecule has 0 aliphatic carbocycles. The predicted octanol–water partition coefficient (Wildman–Crippen LogP) is 6.05. The predicted molar refractivity (Wildman–Crippen MR) is 144 cm³/mol. The summed E-state index contributed by atoms with van der Waals surface area (Å²) in [7, 11) is 1.62. The summed E-state index contributed by atoms with van der Waals surface area (Å²) < 4.78 is 13.3. The van der Waals surface area contributed by atoms with Crippen molar-refractivity contribution in [1.82, 2.24) is 14.9 Å². The molecule has 3 aromatic carbocycles. The number of aromatic nitrogens is 2. The van der Waals surface area contributed by atoms with Crippen LogP contribution in [-0.4, -0.2) is 35.7 Å². The Kier molecular flexibility index (Phi) is 9.37. The first kappa shape index (κ1) is 25.3. The molecule has 4 rings (SSSR count). The number of imidazole rings is 1.